The lowest BCUT2D eigenvalue weighted by atomic mass is 10.0. The minimum Gasteiger partial charge on any atom is -0.384 e. The van der Waals surface area contributed by atoms with E-state index in [2.05, 4.69) is 32.5 Å². The average molecular weight is 707 g/mol. The van der Waals surface area contributed by atoms with E-state index in [4.69, 9.17) is 4.74 Å². The molecule has 5 aromatic rings. The Hall–Kier alpha value is -4.79. The third-order valence-corrected chi connectivity index (χ3v) is 10.7. The summed E-state index contributed by atoms with van der Waals surface area (Å²) in [4.78, 5) is 25.7. The van der Waals surface area contributed by atoms with Crippen LogP contribution in [0.15, 0.2) is 88.7 Å². The zero-order chi connectivity index (χ0) is 35.6. The first-order valence-electron chi connectivity index (χ1n) is 16.0. The number of ether oxygens (including phenoxy) is 1. The van der Waals surface area contributed by atoms with Crippen LogP contribution in [0.2, 0.25) is 0 Å². The molecule has 3 heterocycles. The van der Waals surface area contributed by atoms with E-state index in [9.17, 15) is 26.4 Å². The number of rotatable bonds is 11. The van der Waals surface area contributed by atoms with Crippen molar-refractivity contribution in [1.82, 2.24) is 19.4 Å². The summed E-state index contributed by atoms with van der Waals surface area (Å²) >= 11 is 0. The van der Waals surface area contributed by atoms with Gasteiger partial charge in [-0.05, 0) is 86.1 Å². The quantitative estimate of drug-likeness (QED) is 0.168. The van der Waals surface area contributed by atoms with Gasteiger partial charge in [-0.2, -0.15) is 18.2 Å². The summed E-state index contributed by atoms with van der Waals surface area (Å²) in [5.41, 5.74) is 0.868. The first kappa shape index (κ1) is 35.1. The van der Waals surface area contributed by atoms with Gasteiger partial charge in [-0.25, -0.2) is 13.4 Å². The highest BCUT2D eigenvalue weighted by Gasteiger charge is 2.33. The topological polar surface area (TPSA) is 118 Å². The molecule has 14 heteroatoms. The van der Waals surface area contributed by atoms with E-state index in [1.54, 1.807) is 19.1 Å². The van der Waals surface area contributed by atoms with E-state index in [0.717, 1.165) is 31.3 Å². The second kappa shape index (κ2) is 14.2. The summed E-state index contributed by atoms with van der Waals surface area (Å²) < 4.78 is 74.6. The molecule has 1 saturated heterocycles. The molecule has 10 nitrogen and oxygen atoms in total. The molecule has 1 atom stereocenters. The van der Waals surface area contributed by atoms with Gasteiger partial charge in [0.05, 0.1) is 29.4 Å². The van der Waals surface area contributed by atoms with Gasteiger partial charge in [0.1, 0.15) is 5.65 Å². The van der Waals surface area contributed by atoms with Gasteiger partial charge in [0.15, 0.2) is 9.84 Å². The molecule has 1 aliphatic rings. The molecule has 2 N–H and O–H groups in total. The molecule has 262 valence electrons. The summed E-state index contributed by atoms with van der Waals surface area (Å²) in [6.45, 7) is 3.13. The van der Waals surface area contributed by atoms with Crippen LogP contribution in [-0.4, -0.2) is 73.5 Å². The number of alkyl halides is 3. The van der Waals surface area contributed by atoms with Crippen molar-refractivity contribution >= 4 is 38.2 Å². The van der Waals surface area contributed by atoms with Gasteiger partial charge >= 0.3 is 6.18 Å². The molecule has 3 aromatic carbocycles. The Kier molecular flexibility index (Phi) is 9.96. The number of aromatic nitrogens is 3. The van der Waals surface area contributed by atoms with Crippen molar-refractivity contribution in [3.63, 3.8) is 0 Å². The average Bonchev–Trinajstić information content (AvgIpc) is 3.50. The second-order valence-electron chi connectivity index (χ2n) is 12.4. The number of halogens is 3. The molecule has 6 rings (SSSR count). The van der Waals surface area contributed by atoms with Crippen molar-refractivity contribution in [3.8, 4) is 11.1 Å². The number of nitrogens with zero attached hydrogens (tertiary/aromatic N) is 4. The molecule has 0 aliphatic carbocycles. The molecule has 2 aromatic heterocycles. The van der Waals surface area contributed by atoms with Crippen LogP contribution in [0.25, 0.3) is 22.2 Å². The van der Waals surface area contributed by atoms with E-state index >= 15 is 0 Å². The van der Waals surface area contributed by atoms with Crippen LogP contribution < -0.4 is 16.2 Å². The van der Waals surface area contributed by atoms with Crippen LogP contribution in [0.3, 0.4) is 0 Å². The number of anilines is 3. The minimum atomic E-state index is -4.66. The van der Waals surface area contributed by atoms with E-state index < -0.39 is 33.7 Å². The zero-order valence-electron chi connectivity index (χ0n) is 27.8. The van der Waals surface area contributed by atoms with Gasteiger partial charge in [0, 0.05) is 48.2 Å². The van der Waals surface area contributed by atoms with Gasteiger partial charge in [-0.1, -0.05) is 30.3 Å². The van der Waals surface area contributed by atoms with Gasteiger partial charge in [-0.3, -0.25) is 9.36 Å². The molecule has 0 bridgehead atoms. The second-order valence-corrected chi connectivity index (χ2v) is 14.5. The standard InChI is InChI=1S/C36H37F3N6O4S/c1-23-29(8-6-10-32(23)50(47,48)18-17-49-3)30-19-25-20-40-35(42-27-13-11-26(12-14-27)41-28-15-16-44(2)22-28)43-33(25)45(34(30)46)21-24-7-4-5-9-31(24)36(37,38)39/h4-14,19-20,28,41H,15-18,21-22H2,1-3H3,(H,40,42,43). The van der Waals surface area contributed by atoms with Crippen LogP contribution in [0.4, 0.5) is 30.5 Å². The third kappa shape index (κ3) is 7.52. The number of likely N-dealkylation sites (N-methyl/N-ethyl adjacent to an activating group) is 1. The molecule has 0 radical (unpaired) electrons. The summed E-state index contributed by atoms with van der Waals surface area (Å²) in [6.07, 6.45) is -2.12. The van der Waals surface area contributed by atoms with Crippen molar-refractivity contribution in [2.24, 2.45) is 0 Å². The maximum Gasteiger partial charge on any atom is 0.416 e. The molecule has 0 spiro atoms. The number of sulfone groups is 1. The first-order valence-corrected chi connectivity index (χ1v) is 17.7. The molecular formula is C36H37F3N6O4S. The largest absolute Gasteiger partial charge is 0.416 e. The summed E-state index contributed by atoms with van der Waals surface area (Å²) in [6, 6.07) is 19.2. The Morgan fingerprint density at radius 1 is 1.00 bits per heavy atom. The van der Waals surface area contributed by atoms with Gasteiger partial charge in [-0.15, -0.1) is 0 Å². The smallest absolute Gasteiger partial charge is 0.384 e. The molecule has 1 unspecified atom stereocenters. The zero-order valence-corrected chi connectivity index (χ0v) is 28.6. The molecular weight excluding hydrogens is 669 g/mol. The van der Waals surface area contributed by atoms with Crippen molar-refractivity contribution < 1.29 is 26.3 Å². The number of fused-ring (bicyclic) bond motifs is 1. The number of benzene rings is 3. The highest BCUT2D eigenvalue weighted by Crippen LogP contribution is 2.33. The molecule has 1 aliphatic heterocycles. The number of nitrogens with one attached hydrogen (secondary N) is 2. The van der Waals surface area contributed by atoms with E-state index in [0.29, 0.717) is 28.2 Å². The van der Waals surface area contributed by atoms with Gasteiger partial charge in [0.2, 0.25) is 5.95 Å². The fourth-order valence-electron chi connectivity index (χ4n) is 6.28. The minimum absolute atomic E-state index is 0.0135. The van der Waals surface area contributed by atoms with Crippen LogP contribution in [0.5, 0.6) is 0 Å². The summed E-state index contributed by atoms with van der Waals surface area (Å²) in [5.74, 6) is -0.117. The Morgan fingerprint density at radius 2 is 1.74 bits per heavy atom. The van der Waals surface area contributed by atoms with Gasteiger partial charge < -0.3 is 20.3 Å². The van der Waals surface area contributed by atoms with Crippen molar-refractivity contribution in [1.29, 1.82) is 0 Å². The maximum absolute atomic E-state index is 14.3. The number of hydrogen-bond donors (Lipinski definition) is 2. The fraction of sp³-hybridized carbons (Fsp3) is 0.306. The normalized spacial score (nSPS) is 15.4. The first-order chi connectivity index (χ1) is 23.8. The predicted octanol–water partition coefficient (Wildman–Crippen LogP) is 6.11. The lowest BCUT2D eigenvalue weighted by Gasteiger charge is -2.18. The van der Waals surface area contributed by atoms with Crippen molar-refractivity contribution in [3.05, 3.63) is 106 Å². The van der Waals surface area contributed by atoms with Crippen LogP contribution in [-0.2, 0) is 27.3 Å². The Bertz CT molecular complexity index is 2190. The Balaban J connectivity index is 1.42. The third-order valence-electron chi connectivity index (χ3n) is 8.85. The number of pyridine rings is 1. The SMILES string of the molecule is COCCS(=O)(=O)c1cccc(-c2cc3cnc(Nc4ccc(NC5CCN(C)C5)cc4)nc3n(Cc3ccccc3C(F)(F)F)c2=O)c1C. The van der Waals surface area contributed by atoms with Crippen molar-refractivity contribution in [2.45, 2.75) is 37.0 Å². The summed E-state index contributed by atoms with van der Waals surface area (Å²) in [5, 5.41) is 7.04. The van der Waals surface area contributed by atoms with Gasteiger partial charge in [0.25, 0.3) is 5.56 Å². The van der Waals surface area contributed by atoms with Crippen LogP contribution in [0, 0.1) is 6.92 Å². The monoisotopic (exact) mass is 706 g/mol. The summed E-state index contributed by atoms with van der Waals surface area (Å²) in [7, 11) is -0.273. The lowest BCUT2D eigenvalue weighted by molar-refractivity contribution is -0.138. The Labute approximate surface area is 287 Å². The van der Waals surface area contributed by atoms with Crippen molar-refractivity contribution in [2.75, 3.05) is 50.2 Å². The maximum atomic E-state index is 14.3. The fourth-order valence-corrected chi connectivity index (χ4v) is 7.75. The highest BCUT2D eigenvalue weighted by atomic mass is 32.2. The number of likely N-dealkylation sites (tertiary alicyclic amines) is 1. The van der Waals surface area contributed by atoms with Crippen LogP contribution >= 0.6 is 0 Å². The molecule has 0 saturated carbocycles. The number of hydrogen-bond acceptors (Lipinski definition) is 9. The van der Waals surface area contributed by atoms with E-state index in [1.165, 1.54) is 48.2 Å². The lowest BCUT2D eigenvalue weighted by Crippen LogP contribution is -2.25. The number of methoxy groups -OCH3 is 1. The molecule has 0 amide bonds. The highest BCUT2D eigenvalue weighted by molar-refractivity contribution is 7.91. The van der Waals surface area contributed by atoms with Crippen LogP contribution in [0.1, 0.15) is 23.1 Å². The predicted molar refractivity (Wildman–Crippen MR) is 188 cm³/mol. The van der Waals surface area contributed by atoms with E-state index in [-0.39, 0.29) is 40.0 Å². The molecule has 50 heavy (non-hydrogen) atoms. The molecule has 1 fully saturated rings. The Morgan fingerprint density at radius 3 is 2.44 bits per heavy atom. The van der Waals surface area contributed by atoms with E-state index in [1.807, 2.05) is 24.3 Å².